The van der Waals surface area contributed by atoms with Crippen LogP contribution in [0.3, 0.4) is 0 Å². The summed E-state index contributed by atoms with van der Waals surface area (Å²) in [6.07, 6.45) is 5.21. The van der Waals surface area contributed by atoms with Crippen molar-refractivity contribution in [2.45, 2.75) is 13.5 Å². The normalized spacial score (nSPS) is 11.2. The summed E-state index contributed by atoms with van der Waals surface area (Å²) in [7, 11) is 0. The smallest absolute Gasteiger partial charge is 0.221 e. The summed E-state index contributed by atoms with van der Waals surface area (Å²) >= 11 is 0. The quantitative estimate of drug-likeness (QED) is 0.306. The molecule has 0 spiro atoms. The van der Waals surface area contributed by atoms with Crippen LogP contribution in [-0.2, 0) is 11.3 Å². The van der Waals surface area contributed by atoms with E-state index in [1.807, 2.05) is 78.9 Å². The van der Waals surface area contributed by atoms with Crippen LogP contribution in [0, 0.1) is 10.8 Å². The van der Waals surface area contributed by atoms with Crippen LogP contribution in [0.1, 0.15) is 23.7 Å². The largest absolute Gasteiger partial charge is 0.487 e. The summed E-state index contributed by atoms with van der Waals surface area (Å²) < 4.78 is 11.2. The minimum atomic E-state index is -0.0941. The molecule has 0 bridgehead atoms. The number of hydrogen-bond donors (Lipinski definition) is 2. The van der Waals surface area contributed by atoms with E-state index in [0.29, 0.717) is 17.9 Å². The lowest BCUT2D eigenvalue weighted by Gasteiger charge is -2.12. The van der Waals surface area contributed by atoms with Gasteiger partial charge in [-0.25, -0.2) is 4.98 Å². The zero-order chi connectivity index (χ0) is 22.3. The van der Waals surface area contributed by atoms with Gasteiger partial charge in [0.2, 0.25) is 5.90 Å². The van der Waals surface area contributed by atoms with Gasteiger partial charge in [0.1, 0.15) is 12.4 Å². The van der Waals surface area contributed by atoms with Gasteiger partial charge >= 0.3 is 0 Å². The molecule has 0 saturated heterocycles. The number of benzene rings is 2. The molecule has 6 heteroatoms. The fourth-order valence-electron chi connectivity index (χ4n) is 3.19. The molecule has 2 heterocycles. The highest BCUT2D eigenvalue weighted by Crippen LogP contribution is 2.23. The molecule has 0 aliphatic rings. The van der Waals surface area contributed by atoms with Crippen LogP contribution in [0.15, 0.2) is 85.2 Å². The number of rotatable bonds is 6. The molecule has 4 rings (SSSR count). The Balaban J connectivity index is 1.52. The molecule has 0 saturated carbocycles. The predicted molar refractivity (Wildman–Crippen MR) is 127 cm³/mol. The SMILES string of the molecule is CC(=N)OC(=N)/C(=C/c1ccncc1)c1ccc(OCc2ccc3ccccc3n2)cc1. The second-order valence-electron chi connectivity index (χ2n) is 7.13. The number of para-hydroxylation sites is 1. The van der Waals surface area contributed by atoms with Gasteiger partial charge in [-0.15, -0.1) is 0 Å². The van der Waals surface area contributed by atoms with Crippen molar-refractivity contribution >= 4 is 34.3 Å². The van der Waals surface area contributed by atoms with Crippen molar-refractivity contribution in [3.8, 4) is 5.75 Å². The molecule has 2 aromatic carbocycles. The maximum atomic E-state index is 8.29. The Kier molecular flexibility index (Phi) is 6.32. The van der Waals surface area contributed by atoms with Gasteiger partial charge < -0.3 is 9.47 Å². The van der Waals surface area contributed by atoms with E-state index < -0.39 is 0 Å². The Morgan fingerprint density at radius 1 is 0.906 bits per heavy atom. The summed E-state index contributed by atoms with van der Waals surface area (Å²) in [5.74, 6) is 0.560. The van der Waals surface area contributed by atoms with Gasteiger partial charge in [-0.05, 0) is 53.6 Å². The van der Waals surface area contributed by atoms with Crippen LogP contribution in [0.2, 0.25) is 0 Å². The minimum Gasteiger partial charge on any atom is -0.487 e. The third kappa shape index (κ3) is 5.23. The van der Waals surface area contributed by atoms with Crippen molar-refractivity contribution in [2.75, 3.05) is 0 Å². The van der Waals surface area contributed by atoms with E-state index in [0.717, 1.165) is 27.7 Å². The van der Waals surface area contributed by atoms with Gasteiger partial charge in [-0.1, -0.05) is 36.4 Å². The molecule has 0 fully saturated rings. The Labute approximate surface area is 186 Å². The highest BCUT2D eigenvalue weighted by Gasteiger charge is 2.12. The highest BCUT2D eigenvalue weighted by molar-refractivity contribution is 6.25. The Bertz CT molecular complexity index is 1280. The molecule has 4 aromatic rings. The zero-order valence-electron chi connectivity index (χ0n) is 17.6. The van der Waals surface area contributed by atoms with E-state index in [1.54, 1.807) is 12.4 Å². The average Bonchev–Trinajstić information content (AvgIpc) is 2.82. The first kappa shape index (κ1) is 20.9. The zero-order valence-corrected chi connectivity index (χ0v) is 17.6. The average molecular weight is 422 g/mol. The van der Waals surface area contributed by atoms with Gasteiger partial charge in [0.15, 0.2) is 5.90 Å². The predicted octanol–water partition coefficient (Wildman–Crippen LogP) is 5.74. The molecule has 0 atom stereocenters. The van der Waals surface area contributed by atoms with E-state index in [2.05, 4.69) is 9.97 Å². The standard InChI is InChI=1S/C26H22N4O2/c1-18(27)32-26(28)24(16-19-12-14-29-15-13-19)20-7-10-23(11-8-20)31-17-22-9-6-21-4-2-3-5-25(21)30-22/h2-16,27-28H,17H2,1H3/b24-16+,27-18?,28-26?. The second-order valence-corrected chi connectivity index (χ2v) is 7.13. The fourth-order valence-corrected chi connectivity index (χ4v) is 3.19. The van der Waals surface area contributed by atoms with Gasteiger partial charge in [-0.2, -0.15) is 0 Å². The molecule has 2 aromatic heterocycles. The second kappa shape index (κ2) is 9.66. The van der Waals surface area contributed by atoms with Crippen LogP contribution in [0.25, 0.3) is 22.6 Å². The molecule has 6 nitrogen and oxygen atoms in total. The van der Waals surface area contributed by atoms with E-state index in [-0.39, 0.29) is 11.8 Å². The Hall–Kier alpha value is -4.32. The molecule has 0 radical (unpaired) electrons. The number of nitrogens with zero attached hydrogens (tertiary/aromatic N) is 2. The third-order valence-corrected chi connectivity index (χ3v) is 4.73. The third-order valence-electron chi connectivity index (χ3n) is 4.73. The van der Waals surface area contributed by atoms with Crippen molar-refractivity contribution in [1.82, 2.24) is 9.97 Å². The van der Waals surface area contributed by atoms with Crippen molar-refractivity contribution < 1.29 is 9.47 Å². The van der Waals surface area contributed by atoms with E-state index in [9.17, 15) is 0 Å². The Morgan fingerprint density at radius 2 is 1.66 bits per heavy atom. The highest BCUT2D eigenvalue weighted by atomic mass is 16.5. The molecular weight excluding hydrogens is 400 g/mol. The molecule has 0 aliphatic carbocycles. The van der Waals surface area contributed by atoms with Crippen molar-refractivity contribution in [2.24, 2.45) is 0 Å². The van der Waals surface area contributed by atoms with Gasteiger partial charge in [-0.3, -0.25) is 15.8 Å². The number of fused-ring (bicyclic) bond motifs is 1. The summed E-state index contributed by atoms with van der Waals surface area (Å²) in [5, 5.41) is 16.9. The summed E-state index contributed by atoms with van der Waals surface area (Å²) in [4.78, 5) is 8.65. The first-order valence-electron chi connectivity index (χ1n) is 10.1. The minimum absolute atomic E-state index is 0.0431. The van der Waals surface area contributed by atoms with Crippen LogP contribution in [-0.4, -0.2) is 21.8 Å². The lowest BCUT2D eigenvalue weighted by Crippen LogP contribution is -2.09. The number of hydrogen-bond acceptors (Lipinski definition) is 6. The molecule has 0 amide bonds. The number of nitrogens with one attached hydrogen (secondary N) is 2. The van der Waals surface area contributed by atoms with E-state index in [4.69, 9.17) is 20.3 Å². The lowest BCUT2D eigenvalue weighted by atomic mass is 10.0. The maximum Gasteiger partial charge on any atom is 0.221 e. The number of ether oxygens (including phenoxy) is 2. The first-order chi connectivity index (χ1) is 15.6. The van der Waals surface area contributed by atoms with Gasteiger partial charge in [0.25, 0.3) is 0 Å². The first-order valence-corrected chi connectivity index (χ1v) is 10.1. The number of aromatic nitrogens is 2. The summed E-state index contributed by atoms with van der Waals surface area (Å²) in [6, 6.07) is 23.1. The van der Waals surface area contributed by atoms with Crippen molar-refractivity contribution in [1.29, 1.82) is 10.8 Å². The molecule has 0 aliphatic heterocycles. The van der Waals surface area contributed by atoms with Crippen molar-refractivity contribution in [3.63, 3.8) is 0 Å². The molecule has 2 N–H and O–H groups in total. The Morgan fingerprint density at radius 3 is 2.41 bits per heavy atom. The lowest BCUT2D eigenvalue weighted by molar-refractivity contribution is 0.302. The summed E-state index contributed by atoms with van der Waals surface area (Å²) in [6.45, 7) is 1.85. The van der Waals surface area contributed by atoms with Crippen LogP contribution >= 0.6 is 0 Å². The topological polar surface area (TPSA) is 91.9 Å². The monoisotopic (exact) mass is 422 g/mol. The van der Waals surface area contributed by atoms with Gasteiger partial charge in [0.05, 0.1) is 11.2 Å². The fraction of sp³-hybridized carbons (Fsp3) is 0.0769. The molecule has 32 heavy (non-hydrogen) atoms. The molecule has 158 valence electrons. The van der Waals surface area contributed by atoms with Crippen molar-refractivity contribution in [3.05, 3.63) is 102 Å². The van der Waals surface area contributed by atoms with Crippen LogP contribution < -0.4 is 4.74 Å². The van der Waals surface area contributed by atoms with Crippen LogP contribution in [0.5, 0.6) is 5.75 Å². The molecule has 0 unspecified atom stereocenters. The van der Waals surface area contributed by atoms with E-state index in [1.165, 1.54) is 6.92 Å². The maximum absolute atomic E-state index is 8.29. The van der Waals surface area contributed by atoms with Crippen LogP contribution in [0.4, 0.5) is 0 Å². The van der Waals surface area contributed by atoms with E-state index >= 15 is 0 Å². The number of pyridine rings is 2. The van der Waals surface area contributed by atoms with Gasteiger partial charge in [0, 0.05) is 30.3 Å². The molecular formula is C26H22N4O2. The summed E-state index contributed by atoms with van der Waals surface area (Å²) in [5.41, 5.74) is 4.01.